The summed E-state index contributed by atoms with van der Waals surface area (Å²) in [5.74, 6) is 0.338. The minimum absolute atomic E-state index is 0.133. The normalized spacial score (nSPS) is 10.3. The van der Waals surface area contributed by atoms with Crippen LogP contribution >= 0.6 is 11.6 Å². The SMILES string of the molecule is Nc1cnc(Cl)nc1OCCCc1ccncc1. The van der Waals surface area contributed by atoms with Gasteiger partial charge in [0.1, 0.15) is 5.69 Å². The van der Waals surface area contributed by atoms with Crippen molar-refractivity contribution < 1.29 is 4.74 Å². The van der Waals surface area contributed by atoms with Gasteiger partial charge >= 0.3 is 0 Å². The van der Waals surface area contributed by atoms with E-state index in [1.54, 1.807) is 12.4 Å². The molecule has 0 radical (unpaired) electrons. The summed E-state index contributed by atoms with van der Waals surface area (Å²) >= 11 is 5.66. The molecule has 2 N–H and O–H groups in total. The highest BCUT2D eigenvalue weighted by Gasteiger charge is 2.04. The van der Waals surface area contributed by atoms with Crippen LogP contribution in [0.5, 0.6) is 5.88 Å². The maximum Gasteiger partial charge on any atom is 0.241 e. The van der Waals surface area contributed by atoms with Gasteiger partial charge in [0.05, 0.1) is 12.8 Å². The van der Waals surface area contributed by atoms with Gasteiger partial charge in [0.15, 0.2) is 0 Å². The van der Waals surface area contributed by atoms with Crippen molar-refractivity contribution in [2.45, 2.75) is 12.8 Å². The maximum absolute atomic E-state index is 5.67. The zero-order valence-electron chi connectivity index (χ0n) is 9.71. The van der Waals surface area contributed by atoms with Gasteiger partial charge in [0, 0.05) is 12.4 Å². The third kappa shape index (κ3) is 3.56. The van der Waals surface area contributed by atoms with E-state index in [1.807, 2.05) is 12.1 Å². The molecule has 2 aromatic rings. The van der Waals surface area contributed by atoms with Crippen LogP contribution in [0.15, 0.2) is 30.7 Å². The van der Waals surface area contributed by atoms with Crippen molar-refractivity contribution in [3.63, 3.8) is 0 Å². The fraction of sp³-hybridized carbons (Fsp3) is 0.250. The molecule has 0 unspecified atom stereocenters. The average Bonchev–Trinajstić information content (AvgIpc) is 2.40. The monoisotopic (exact) mass is 264 g/mol. The van der Waals surface area contributed by atoms with Crippen LogP contribution in [0.3, 0.4) is 0 Å². The zero-order valence-corrected chi connectivity index (χ0v) is 10.5. The van der Waals surface area contributed by atoms with Gasteiger partial charge in [-0.1, -0.05) is 0 Å². The Bertz CT molecular complexity index is 507. The van der Waals surface area contributed by atoms with Crippen LogP contribution in [0.1, 0.15) is 12.0 Å². The first-order chi connectivity index (χ1) is 8.75. The molecule has 0 fully saturated rings. The van der Waals surface area contributed by atoms with Crippen LogP contribution in [0.25, 0.3) is 0 Å². The van der Waals surface area contributed by atoms with Gasteiger partial charge in [0.25, 0.3) is 0 Å². The standard InChI is InChI=1S/C12H13ClN4O/c13-12-16-8-10(14)11(17-12)18-7-1-2-9-3-5-15-6-4-9/h3-6,8H,1-2,7,14H2. The van der Waals surface area contributed by atoms with Gasteiger partial charge < -0.3 is 10.5 Å². The molecule has 0 saturated carbocycles. The van der Waals surface area contributed by atoms with Crippen molar-refractivity contribution in [3.05, 3.63) is 41.6 Å². The number of ether oxygens (including phenoxy) is 1. The highest BCUT2D eigenvalue weighted by atomic mass is 35.5. The molecule has 0 atom stereocenters. The second-order valence-corrected chi connectivity index (χ2v) is 4.05. The van der Waals surface area contributed by atoms with Crippen molar-refractivity contribution in [2.24, 2.45) is 0 Å². The molecule has 94 valence electrons. The van der Waals surface area contributed by atoms with Crippen LogP contribution < -0.4 is 10.5 Å². The number of halogens is 1. The number of anilines is 1. The van der Waals surface area contributed by atoms with E-state index >= 15 is 0 Å². The molecule has 0 saturated heterocycles. The Morgan fingerprint density at radius 3 is 2.83 bits per heavy atom. The minimum atomic E-state index is 0.133. The lowest BCUT2D eigenvalue weighted by Crippen LogP contribution is -2.04. The third-order valence-corrected chi connectivity index (χ3v) is 2.53. The average molecular weight is 265 g/mol. The Hall–Kier alpha value is -1.88. The Kier molecular flexibility index (Phi) is 4.30. The molecule has 0 aliphatic rings. The first-order valence-corrected chi connectivity index (χ1v) is 5.93. The smallest absolute Gasteiger partial charge is 0.241 e. The van der Waals surface area contributed by atoms with E-state index in [-0.39, 0.29) is 5.28 Å². The van der Waals surface area contributed by atoms with Gasteiger partial charge in [-0.3, -0.25) is 4.98 Å². The molecule has 6 heteroatoms. The minimum Gasteiger partial charge on any atom is -0.476 e. The van der Waals surface area contributed by atoms with E-state index in [0.29, 0.717) is 18.2 Å². The molecule has 0 spiro atoms. The fourth-order valence-electron chi connectivity index (χ4n) is 1.47. The molecule has 2 rings (SSSR count). The van der Waals surface area contributed by atoms with Crippen molar-refractivity contribution in [3.8, 4) is 5.88 Å². The summed E-state index contributed by atoms with van der Waals surface area (Å²) in [6, 6.07) is 3.96. The van der Waals surface area contributed by atoms with Gasteiger partial charge in [-0.2, -0.15) is 4.98 Å². The van der Waals surface area contributed by atoms with E-state index in [2.05, 4.69) is 15.0 Å². The van der Waals surface area contributed by atoms with Crippen LogP contribution in [0.2, 0.25) is 5.28 Å². The van der Waals surface area contributed by atoms with Gasteiger partial charge in [-0.15, -0.1) is 0 Å². The van der Waals surface area contributed by atoms with Crippen LogP contribution in [0.4, 0.5) is 5.69 Å². The van der Waals surface area contributed by atoms with Crippen LogP contribution in [0, 0.1) is 0 Å². The fourth-order valence-corrected chi connectivity index (χ4v) is 1.59. The van der Waals surface area contributed by atoms with Gasteiger partial charge in [-0.05, 0) is 42.1 Å². The molecule has 5 nitrogen and oxygen atoms in total. The topological polar surface area (TPSA) is 73.9 Å². The van der Waals surface area contributed by atoms with E-state index < -0.39 is 0 Å². The molecule has 2 aromatic heterocycles. The Balaban J connectivity index is 1.80. The number of hydrogen-bond acceptors (Lipinski definition) is 5. The molecule has 18 heavy (non-hydrogen) atoms. The number of aryl methyl sites for hydroxylation is 1. The molecular weight excluding hydrogens is 252 g/mol. The second-order valence-electron chi connectivity index (χ2n) is 3.71. The number of hydrogen-bond donors (Lipinski definition) is 1. The quantitative estimate of drug-likeness (QED) is 0.661. The predicted octanol–water partition coefficient (Wildman–Crippen LogP) is 2.12. The molecule has 0 aliphatic heterocycles. The number of nitrogen functional groups attached to an aromatic ring is 1. The van der Waals surface area contributed by atoms with Gasteiger partial charge in [0.2, 0.25) is 11.2 Å². The number of pyridine rings is 1. The molecule has 0 aromatic carbocycles. The van der Waals surface area contributed by atoms with Crippen LogP contribution in [-0.4, -0.2) is 21.6 Å². The molecule has 0 amide bonds. The summed E-state index contributed by atoms with van der Waals surface area (Å²) in [5, 5.41) is 0.133. The Labute approximate surface area is 110 Å². The summed E-state index contributed by atoms with van der Waals surface area (Å²) < 4.78 is 5.46. The predicted molar refractivity (Wildman–Crippen MR) is 69.5 cm³/mol. The molecular formula is C12H13ClN4O. The highest BCUT2D eigenvalue weighted by Crippen LogP contribution is 2.18. The van der Waals surface area contributed by atoms with Crippen molar-refractivity contribution in [1.82, 2.24) is 15.0 Å². The summed E-state index contributed by atoms with van der Waals surface area (Å²) in [7, 11) is 0. The summed E-state index contributed by atoms with van der Waals surface area (Å²) in [5.41, 5.74) is 7.28. The summed E-state index contributed by atoms with van der Waals surface area (Å²) in [6.07, 6.45) is 6.77. The lowest BCUT2D eigenvalue weighted by Gasteiger charge is -2.07. The summed E-state index contributed by atoms with van der Waals surface area (Å²) in [4.78, 5) is 11.6. The molecule has 0 aliphatic carbocycles. The first-order valence-electron chi connectivity index (χ1n) is 5.55. The highest BCUT2D eigenvalue weighted by molar-refractivity contribution is 6.28. The van der Waals surface area contributed by atoms with E-state index in [0.717, 1.165) is 12.8 Å². The molecule has 0 bridgehead atoms. The lowest BCUT2D eigenvalue weighted by molar-refractivity contribution is 0.300. The summed E-state index contributed by atoms with van der Waals surface area (Å²) in [6.45, 7) is 0.528. The van der Waals surface area contributed by atoms with Gasteiger partial charge in [-0.25, -0.2) is 4.98 Å². The third-order valence-electron chi connectivity index (χ3n) is 2.35. The Morgan fingerprint density at radius 2 is 2.06 bits per heavy atom. The number of rotatable bonds is 5. The van der Waals surface area contributed by atoms with Crippen LogP contribution in [-0.2, 0) is 6.42 Å². The number of nitrogens with two attached hydrogens (primary N) is 1. The Morgan fingerprint density at radius 1 is 1.28 bits per heavy atom. The first kappa shape index (κ1) is 12.6. The second kappa shape index (κ2) is 6.16. The largest absolute Gasteiger partial charge is 0.476 e. The van der Waals surface area contributed by atoms with Crippen molar-refractivity contribution in [2.75, 3.05) is 12.3 Å². The van der Waals surface area contributed by atoms with Crippen molar-refractivity contribution >= 4 is 17.3 Å². The van der Waals surface area contributed by atoms with Crippen molar-refractivity contribution in [1.29, 1.82) is 0 Å². The van der Waals surface area contributed by atoms with E-state index in [4.69, 9.17) is 22.1 Å². The van der Waals surface area contributed by atoms with E-state index in [1.165, 1.54) is 11.8 Å². The maximum atomic E-state index is 5.67. The lowest BCUT2D eigenvalue weighted by atomic mass is 10.1. The number of nitrogens with zero attached hydrogens (tertiary/aromatic N) is 3. The zero-order chi connectivity index (χ0) is 12.8. The number of aromatic nitrogens is 3. The van der Waals surface area contributed by atoms with E-state index in [9.17, 15) is 0 Å². The molecule has 2 heterocycles.